The summed E-state index contributed by atoms with van der Waals surface area (Å²) in [7, 11) is 1.57. The zero-order chi connectivity index (χ0) is 28.9. The van der Waals surface area contributed by atoms with Crippen molar-refractivity contribution in [3.63, 3.8) is 0 Å². The summed E-state index contributed by atoms with van der Waals surface area (Å²) in [4.78, 5) is 41.8. The number of nitrogens with one attached hydrogen (secondary N) is 2. The number of furan rings is 1. The van der Waals surface area contributed by atoms with Gasteiger partial charge in [-0.05, 0) is 84.3 Å². The number of rotatable bonds is 10. The van der Waals surface area contributed by atoms with Crippen molar-refractivity contribution in [1.29, 1.82) is 0 Å². The van der Waals surface area contributed by atoms with Gasteiger partial charge in [-0.1, -0.05) is 37.7 Å². The number of methoxy groups -OCH3 is 1. The SMILES string of the molecule is COc1ccc(C(=O)Nc2ccc(SC3=C(Nc4ccc(C(C)C)cc4)C(=O)N(Cc4ccco4)C3=O)cc2)cc1. The van der Waals surface area contributed by atoms with Crippen LogP contribution in [0.3, 0.4) is 0 Å². The Morgan fingerprint density at radius 3 is 2.20 bits per heavy atom. The van der Waals surface area contributed by atoms with Crippen LogP contribution in [0.2, 0.25) is 0 Å². The monoisotopic (exact) mass is 567 g/mol. The topological polar surface area (TPSA) is 101 Å². The van der Waals surface area contributed by atoms with Crippen molar-refractivity contribution in [3.05, 3.63) is 119 Å². The lowest BCUT2D eigenvalue weighted by molar-refractivity contribution is -0.138. The first-order valence-corrected chi connectivity index (χ1v) is 13.9. The third kappa shape index (κ3) is 6.36. The Bertz CT molecular complexity index is 1580. The van der Waals surface area contributed by atoms with E-state index in [-0.39, 0.29) is 23.1 Å². The number of ether oxygens (including phenoxy) is 1. The van der Waals surface area contributed by atoms with Crippen LogP contribution in [0.5, 0.6) is 5.75 Å². The molecule has 0 bridgehead atoms. The van der Waals surface area contributed by atoms with Gasteiger partial charge in [0.15, 0.2) is 0 Å². The second-order valence-corrected chi connectivity index (χ2v) is 10.8. The second-order valence-electron chi connectivity index (χ2n) is 9.69. The number of amides is 3. The van der Waals surface area contributed by atoms with E-state index in [2.05, 4.69) is 24.5 Å². The molecule has 0 saturated heterocycles. The third-order valence-electron chi connectivity index (χ3n) is 6.55. The summed E-state index contributed by atoms with van der Waals surface area (Å²) in [6.45, 7) is 4.25. The standard InChI is InChI=1S/C32H29N3O5S/c1-20(2)21-6-10-23(11-7-21)33-28-29(32(38)35(31(28)37)19-26-5-4-18-40-26)41-27-16-12-24(13-17-27)34-30(36)22-8-14-25(39-3)15-9-22/h4-18,20,33H,19H2,1-3H3,(H,34,36). The van der Waals surface area contributed by atoms with E-state index in [9.17, 15) is 14.4 Å². The van der Waals surface area contributed by atoms with Crippen LogP contribution in [0, 0.1) is 0 Å². The van der Waals surface area contributed by atoms with Crippen LogP contribution >= 0.6 is 11.8 Å². The molecule has 0 fully saturated rings. The number of imide groups is 1. The van der Waals surface area contributed by atoms with Gasteiger partial charge in [0, 0.05) is 21.8 Å². The summed E-state index contributed by atoms with van der Waals surface area (Å²) in [5.41, 5.74) is 3.19. The molecule has 0 atom stereocenters. The van der Waals surface area contributed by atoms with Crippen LogP contribution in [0.15, 0.2) is 111 Å². The molecular formula is C32H29N3O5S. The Morgan fingerprint density at radius 2 is 1.59 bits per heavy atom. The van der Waals surface area contributed by atoms with Crippen molar-refractivity contribution in [2.24, 2.45) is 0 Å². The van der Waals surface area contributed by atoms with Crippen LogP contribution in [0.1, 0.15) is 41.4 Å². The lowest BCUT2D eigenvalue weighted by Gasteiger charge is -2.14. The molecule has 41 heavy (non-hydrogen) atoms. The van der Waals surface area contributed by atoms with Gasteiger partial charge < -0.3 is 19.8 Å². The predicted octanol–water partition coefficient (Wildman–Crippen LogP) is 6.65. The molecule has 0 saturated carbocycles. The molecule has 1 aliphatic heterocycles. The number of benzene rings is 3. The number of nitrogens with zero attached hydrogens (tertiary/aromatic N) is 1. The predicted molar refractivity (Wildman–Crippen MR) is 159 cm³/mol. The van der Waals surface area contributed by atoms with Crippen LogP contribution in [-0.2, 0) is 16.1 Å². The fourth-order valence-corrected chi connectivity index (χ4v) is 5.17. The average molecular weight is 568 g/mol. The summed E-state index contributed by atoms with van der Waals surface area (Å²) in [5, 5.41) is 6.05. The van der Waals surface area contributed by atoms with Crippen LogP contribution in [-0.4, -0.2) is 29.7 Å². The van der Waals surface area contributed by atoms with E-state index in [1.165, 1.54) is 28.5 Å². The van der Waals surface area contributed by atoms with E-state index in [0.717, 1.165) is 4.90 Å². The highest BCUT2D eigenvalue weighted by atomic mass is 32.2. The maximum Gasteiger partial charge on any atom is 0.278 e. The zero-order valence-electron chi connectivity index (χ0n) is 22.8. The first-order chi connectivity index (χ1) is 19.8. The molecule has 1 aromatic heterocycles. The molecule has 0 unspecified atom stereocenters. The van der Waals surface area contributed by atoms with Gasteiger partial charge in [0.25, 0.3) is 17.7 Å². The summed E-state index contributed by atoms with van der Waals surface area (Å²) < 4.78 is 10.5. The van der Waals surface area contributed by atoms with Crippen molar-refractivity contribution < 1.29 is 23.5 Å². The number of carbonyl (C=O) groups is 3. The molecule has 5 rings (SSSR count). The van der Waals surface area contributed by atoms with Gasteiger partial charge in [-0.15, -0.1) is 0 Å². The number of thioether (sulfide) groups is 1. The zero-order valence-corrected chi connectivity index (χ0v) is 23.7. The molecule has 3 amide bonds. The van der Waals surface area contributed by atoms with E-state index in [4.69, 9.17) is 9.15 Å². The minimum atomic E-state index is -0.426. The number of hydrogen-bond acceptors (Lipinski definition) is 7. The maximum absolute atomic E-state index is 13.5. The molecule has 0 radical (unpaired) electrons. The van der Waals surface area contributed by atoms with Crippen molar-refractivity contribution >= 4 is 40.9 Å². The van der Waals surface area contributed by atoms with E-state index in [1.807, 2.05) is 24.3 Å². The van der Waals surface area contributed by atoms with Gasteiger partial charge in [0.05, 0.1) is 19.9 Å². The fourth-order valence-electron chi connectivity index (χ4n) is 4.23. The van der Waals surface area contributed by atoms with Crippen LogP contribution in [0.4, 0.5) is 11.4 Å². The highest BCUT2D eigenvalue weighted by Gasteiger charge is 2.39. The first-order valence-electron chi connectivity index (χ1n) is 13.1. The van der Waals surface area contributed by atoms with E-state index < -0.39 is 11.8 Å². The number of anilines is 2. The van der Waals surface area contributed by atoms with Gasteiger partial charge in [0.1, 0.15) is 22.1 Å². The number of hydrogen-bond donors (Lipinski definition) is 2. The molecular weight excluding hydrogens is 538 g/mol. The fraction of sp³-hybridized carbons (Fsp3) is 0.156. The van der Waals surface area contributed by atoms with Gasteiger partial charge in [-0.25, -0.2) is 0 Å². The minimum absolute atomic E-state index is 0.0303. The molecule has 2 N–H and O–H groups in total. The molecule has 1 aliphatic rings. The van der Waals surface area contributed by atoms with Crippen molar-refractivity contribution in [3.8, 4) is 5.75 Å². The van der Waals surface area contributed by atoms with E-state index in [0.29, 0.717) is 34.4 Å². The largest absolute Gasteiger partial charge is 0.497 e. The Hall–Kier alpha value is -4.76. The summed E-state index contributed by atoms with van der Waals surface area (Å²) in [6.07, 6.45) is 1.51. The molecule has 8 nitrogen and oxygen atoms in total. The number of carbonyl (C=O) groups excluding carboxylic acids is 3. The average Bonchev–Trinajstić information content (AvgIpc) is 3.58. The molecule has 2 heterocycles. The Morgan fingerprint density at radius 1 is 0.902 bits per heavy atom. The van der Waals surface area contributed by atoms with Gasteiger partial charge in [-0.2, -0.15) is 0 Å². The highest BCUT2D eigenvalue weighted by Crippen LogP contribution is 2.37. The quantitative estimate of drug-likeness (QED) is 0.207. The first kappa shape index (κ1) is 27.8. The smallest absolute Gasteiger partial charge is 0.278 e. The highest BCUT2D eigenvalue weighted by molar-refractivity contribution is 8.04. The Kier molecular flexibility index (Phi) is 8.26. The van der Waals surface area contributed by atoms with Crippen LogP contribution in [0.25, 0.3) is 0 Å². The molecule has 4 aromatic rings. The van der Waals surface area contributed by atoms with Gasteiger partial charge in [-0.3, -0.25) is 19.3 Å². The van der Waals surface area contributed by atoms with E-state index in [1.54, 1.807) is 67.8 Å². The molecule has 0 spiro atoms. The van der Waals surface area contributed by atoms with Crippen molar-refractivity contribution in [1.82, 2.24) is 4.90 Å². The molecule has 3 aromatic carbocycles. The summed E-state index contributed by atoms with van der Waals surface area (Å²) >= 11 is 1.19. The van der Waals surface area contributed by atoms with Gasteiger partial charge in [0.2, 0.25) is 0 Å². The Labute approximate surface area is 242 Å². The molecule has 208 valence electrons. The summed E-state index contributed by atoms with van der Waals surface area (Å²) in [5.74, 6) is 0.462. The molecule has 0 aliphatic carbocycles. The summed E-state index contributed by atoms with van der Waals surface area (Å²) in [6, 6.07) is 25.2. The second kappa shape index (κ2) is 12.2. The minimum Gasteiger partial charge on any atom is -0.497 e. The lowest BCUT2D eigenvalue weighted by Crippen LogP contribution is -2.31. The lowest BCUT2D eigenvalue weighted by atomic mass is 10.0. The van der Waals surface area contributed by atoms with Crippen molar-refractivity contribution in [2.75, 3.05) is 17.7 Å². The van der Waals surface area contributed by atoms with E-state index >= 15 is 0 Å². The van der Waals surface area contributed by atoms with Crippen LogP contribution < -0.4 is 15.4 Å². The molecule has 9 heteroatoms. The third-order valence-corrected chi connectivity index (χ3v) is 7.64. The van der Waals surface area contributed by atoms with Gasteiger partial charge >= 0.3 is 0 Å². The normalized spacial score (nSPS) is 13.2. The maximum atomic E-state index is 13.5. The van der Waals surface area contributed by atoms with Crippen molar-refractivity contribution in [2.45, 2.75) is 31.2 Å². The Balaban J connectivity index is 1.35.